The maximum atomic E-state index is 13.0. The number of nitrogens with zero attached hydrogens (tertiary/aromatic N) is 3. The van der Waals surface area contributed by atoms with E-state index >= 15 is 0 Å². The molecule has 8 heteroatoms. The van der Waals surface area contributed by atoms with Crippen LogP contribution in [-0.4, -0.2) is 72.2 Å². The lowest BCUT2D eigenvalue weighted by molar-refractivity contribution is -0.136. The Morgan fingerprint density at radius 1 is 0.871 bits per heavy atom. The zero-order valence-electron chi connectivity index (χ0n) is 17.6. The Labute approximate surface area is 181 Å². The summed E-state index contributed by atoms with van der Waals surface area (Å²) in [6.45, 7) is 5.52. The first-order chi connectivity index (χ1) is 15.0. The zero-order chi connectivity index (χ0) is 21.5. The molecular formula is C23H28N4O4. The molecule has 0 radical (unpaired) electrons. The van der Waals surface area contributed by atoms with E-state index in [0.29, 0.717) is 11.1 Å². The maximum absolute atomic E-state index is 13.0. The van der Waals surface area contributed by atoms with Gasteiger partial charge in [0.1, 0.15) is 6.04 Å². The van der Waals surface area contributed by atoms with Crippen molar-refractivity contribution in [2.24, 2.45) is 5.92 Å². The fourth-order valence-corrected chi connectivity index (χ4v) is 5.36. The number of hydrogen-bond acceptors (Lipinski definition) is 6. The van der Waals surface area contributed by atoms with Crippen molar-refractivity contribution in [3.8, 4) is 0 Å². The second-order valence-corrected chi connectivity index (χ2v) is 9.12. The fourth-order valence-electron chi connectivity index (χ4n) is 5.36. The molecule has 3 fully saturated rings. The summed E-state index contributed by atoms with van der Waals surface area (Å²) in [4.78, 5) is 55.4. The van der Waals surface area contributed by atoms with Gasteiger partial charge in [-0.05, 0) is 69.3 Å². The van der Waals surface area contributed by atoms with Crippen LogP contribution in [0.4, 0.5) is 5.69 Å². The molecule has 8 nitrogen and oxygen atoms in total. The van der Waals surface area contributed by atoms with Gasteiger partial charge in [-0.1, -0.05) is 0 Å². The van der Waals surface area contributed by atoms with Gasteiger partial charge in [0.05, 0.1) is 11.1 Å². The normalized spacial score (nSPS) is 25.4. The van der Waals surface area contributed by atoms with Gasteiger partial charge in [0.15, 0.2) is 0 Å². The number of carbonyl (C=O) groups excluding carboxylic acids is 4. The van der Waals surface area contributed by atoms with Crippen LogP contribution in [0.1, 0.15) is 59.2 Å². The Balaban J connectivity index is 1.27. The highest BCUT2D eigenvalue weighted by atomic mass is 16.2. The van der Waals surface area contributed by atoms with E-state index in [-0.39, 0.29) is 18.7 Å². The van der Waals surface area contributed by atoms with Crippen LogP contribution in [0.5, 0.6) is 0 Å². The van der Waals surface area contributed by atoms with Gasteiger partial charge in [0, 0.05) is 31.7 Å². The van der Waals surface area contributed by atoms with Crippen LogP contribution in [0.2, 0.25) is 0 Å². The smallest absolute Gasteiger partial charge is 0.262 e. The number of benzene rings is 1. The first-order valence-electron chi connectivity index (χ1n) is 11.3. The molecule has 31 heavy (non-hydrogen) atoms. The first-order valence-corrected chi connectivity index (χ1v) is 11.3. The third-order valence-corrected chi connectivity index (χ3v) is 7.12. The summed E-state index contributed by atoms with van der Waals surface area (Å²) >= 11 is 0. The summed E-state index contributed by atoms with van der Waals surface area (Å²) in [5.41, 5.74) is 1.64. The lowest BCUT2D eigenvalue weighted by Crippen LogP contribution is -2.54. The molecule has 1 N–H and O–H groups in total. The van der Waals surface area contributed by atoms with Crippen LogP contribution in [0, 0.1) is 5.92 Å². The molecule has 4 heterocycles. The minimum absolute atomic E-state index is 0.126. The summed E-state index contributed by atoms with van der Waals surface area (Å²) in [5, 5.41) is 2.23. The molecule has 0 bridgehead atoms. The van der Waals surface area contributed by atoms with Crippen molar-refractivity contribution in [3.05, 3.63) is 29.3 Å². The summed E-state index contributed by atoms with van der Waals surface area (Å²) in [7, 11) is 0. The number of hydrogen-bond donors (Lipinski definition) is 1. The number of fused-ring (bicyclic) bond motifs is 1. The monoisotopic (exact) mass is 424 g/mol. The average Bonchev–Trinajstić information content (AvgIpc) is 3.36. The van der Waals surface area contributed by atoms with Crippen molar-refractivity contribution in [3.63, 3.8) is 0 Å². The minimum atomic E-state index is -0.921. The first kappa shape index (κ1) is 20.2. The van der Waals surface area contributed by atoms with Crippen molar-refractivity contribution in [2.75, 3.05) is 37.6 Å². The molecule has 1 atom stereocenters. The lowest BCUT2D eigenvalue weighted by atomic mass is 9.95. The Kier molecular flexibility index (Phi) is 5.25. The third kappa shape index (κ3) is 3.73. The highest BCUT2D eigenvalue weighted by Gasteiger charge is 2.44. The van der Waals surface area contributed by atoms with Gasteiger partial charge in [-0.15, -0.1) is 0 Å². The number of rotatable bonds is 4. The largest absolute Gasteiger partial charge is 0.371 e. The Morgan fingerprint density at radius 3 is 2.29 bits per heavy atom. The molecule has 4 aliphatic heterocycles. The van der Waals surface area contributed by atoms with Gasteiger partial charge < -0.3 is 9.80 Å². The van der Waals surface area contributed by atoms with E-state index < -0.39 is 23.8 Å². The standard InChI is InChI=1S/C23H28N4O4/c28-20-6-5-19(21(29)24-20)27-22(30)17-4-3-16(13-18(17)23(27)31)26-11-7-15(8-12-26)14-25-9-1-2-10-25/h3-4,13,15,19H,1-2,5-12,14H2,(H,24,28,29). The van der Waals surface area contributed by atoms with Crippen molar-refractivity contribution in [1.29, 1.82) is 0 Å². The number of imide groups is 2. The van der Waals surface area contributed by atoms with Crippen LogP contribution in [0.3, 0.4) is 0 Å². The predicted octanol–water partition coefficient (Wildman–Crippen LogP) is 1.40. The van der Waals surface area contributed by atoms with Crippen molar-refractivity contribution < 1.29 is 19.2 Å². The number of carbonyl (C=O) groups is 4. The van der Waals surface area contributed by atoms with E-state index in [4.69, 9.17) is 0 Å². The highest BCUT2D eigenvalue weighted by Crippen LogP contribution is 2.32. The molecule has 1 aromatic rings. The number of nitrogens with one attached hydrogen (secondary N) is 1. The van der Waals surface area contributed by atoms with Gasteiger partial charge in [0.2, 0.25) is 11.8 Å². The van der Waals surface area contributed by atoms with E-state index in [1.165, 1.54) is 32.5 Å². The summed E-state index contributed by atoms with van der Waals surface area (Å²) in [6, 6.07) is 4.48. The fraction of sp³-hybridized carbons (Fsp3) is 0.565. The predicted molar refractivity (Wildman–Crippen MR) is 114 cm³/mol. The molecule has 0 aromatic heterocycles. The van der Waals surface area contributed by atoms with Crippen molar-refractivity contribution in [1.82, 2.24) is 15.1 Å². The number of piperidine rings is 2. The molecule has 4 aliphatic rings. The molecule has 0 aliphatic carbocycles. The number of anilines is 1. The summed E-state index contributed by atoms with van der Waals surface area (Å²) < 4.78 is 0. The average molecular weight is 425 g/mol. The SMILES string of the molecule is O=C1CCC(N2C(=O)c3ccc(N4CCC(CN5CCCC5)CC4)cc3C2=O)C(=O)N1. The second-order valence-electron chi connectivity index (χ2n) is 9.12. The third-order valence-electron chi connectivity index (χ3n) is 7.12. The maximum Gasteiger partial charge on any atom is 0.262 e. The van der Waals surface area contributed by atoms with Crippen LogP contribution in [0.15, 0.2) is 18.2 Å². The topological polar surface area (TPSA) is 90.0 Å². The van der Waals surface area contributed by atoms with Gasteiger partial charge in [-0.25, -0.2) is 0 Å². The zero-order valence-corrected chi connectivity index (χ0v) is 17.6. The molecule has 0 spiro atoms. The van der Waals surface area contributed by atoms with Crippen molar-refractivity contribution >= 4 is 29.3 Å². The van der Waals surface area contributed by atoms with Crippen LogP contribution >= 0.6 is 0 Å². The number of amides is 4. The molecule has 4 amide bonds. The summed E-state index contributed by atoms with van der Waals surface area (Å²) in [5.74, 6) is -1.13. The lowest BCUT2D eigenvalue weighted by Gasteiger charge is -2.35. The quantitative estimate of drug-likeness (QED) is 0.735. The Morgan fingerprint density at radius 2 is 1.58 bits per heavy atom. The van der Waals surface area contributed by atoms with Crippen LogP contribution in [-0.2, 0) is 9.59 Å². The van der Waals surface area contributed by atoms with Crippen LogP contribution < -0.4 is 10.2 Å². The van der Waals surface area contributed by atoms with Gasteiger partial charge in [0.25, 0.3) is 11.8 Å². The summed E-state index contributed by atoms with van der Waals surface area (Å²) in [6.07, 6.45) is 5.19. The second kappa shape index (κ2) is 8.07. The van der Waals surface area contributed by atoms with E-state index in [1.807, 2.05) is 6.07 Å². The van der Waals surface area contributed by atoms with Gasteiger partial charge in [-0.2, -0.15) is 0 Å². The molecular weight excluding hydrogens is 396 g/mol. The molecule has 164 valence electrons. The van der Waals surface area contributed by atoms with Gasteiger partial charge in [-0.3, -0.25) is 29.4 Å². The molecule has 1 unspecified atom stereocenters. The van der Waals surface area contributed by atoms with Crippen LogP contribution in [0.25, 0.3) is 0 Å². The minimum Gasteiger partial charge on any atom is -0.371 e. The van der Waals surface area contributed by atoms with E-state index in [1.54, 1.807) is 12.1 Å². The number of likely N-dealkylation sites (tertiary alicyclic amines) is 1. The molecule has 5 rings (SSSR count). The Hall–Kier alpha value is -2.74. The van der Waals surface area contributed by atoms with E-state index in [2.05, 4.69) is 15.1 Å². The van der Waals surface area contributed by atoms with Crippen molar-refractivity contribution in [2.45, 2.75) is 44.6 Å². The Bertz CT molecular complexity index is 932. The molecule has 3 saturated heterocycles. The van der Waals surface area contributed by atoms with E-state index in [9.17, 15) is 19.2 Å². The molecule has 0 saturated carbocycles. The highest BCUT2D eigenvalue weighted by molar-refractivity contribution is 6.23. The molecule has 1 aromatic carbocycles. The van der Waals surface area contributed by atoms with Gasteiger partial charge >= 0.3 is 0 Å². The van der Waals surface area contributed by atoms with E-state index in [0.717, 1.165) is 42.4 Å².